The molecule has 2 aromatic rings. The Bertz CT molecular complexity index is 1190. The molecule has 0 N–H and O–H groups in total. The van der Waals surface area contributed by atoms with Crippen LogP contribution in [0.3, 0.4) is 0 Å². The first-order valence-electron chi connectivity index (χ1n) is 10.4. The van der Waals surface area contributed by atoms with Gasteiger partial charge in [0.05, 0.1) is 16.0 Å². The Morgan fingerprint density at radius 1 is 0.972 bits per heavy atom. The highest BCUT2D eigenvalue weighted by Crippen LogP contribution is 2.32. The lowest BCUT2D eigenvalue weighted by Gasteiger charge is -2.36. The van der Waals surface area contributed by atoms with Gasteiger partial charge in [0, 0.05) is 38.1 Å². The lowest BCUT2D eigenvalue weighted by molar-refractivity contribution is -0.148. The molecular formula is C22H21F7N2O4S. The smallest absolute Gasteiger partial charge is 0.416 e. The Labute approximate surface area is 202 Å². The maximum atomic E-state index is 13.3. The third-order valence-corrected chi connectivity index (χ3v) is 6.59. The van der Waals surface area contributed by atoms with E-state index in [2.05, 4.69) is 0 Å². The molecule has 2 aromatic carbocycles. The first-order chi connectivity index (χ1) is 16.6. The van der Waals surface area contributed by atoms with Crippen LogP contribution in [0, 0.1) is 0 Å². The van der Waals surface area contributed by atoms with Crippen molar-refractivity contribution >= 4 is 21.4 Å². The number of hydrogen-bond donors (Lipinski definition) is 0. The minimum atomic E-state index is -4.50. The lowest BCUT2D eigenvalue weighted by Crippen LogP contribution is -2.49. The number of benzene rings is 2. The van der Waals surface area contributed by atoms with Gasteiger partial charge in [-0.15, -0.1) is 0 Å². The molecule has 1 saturated heterocycles. The Morgan fingerprint density at radius 2 is 1.56 bits per heavy atom. The van der Waals surface area contributed by atoms with Gasteiger partial charge in [-0.1, -0.05) is 0 Å². The minimum absolute atomic E-state index is 0.0651. The van der Waals surface area contributed by atoms with Crippen molar-refractivity contribution in [3.8, 4) is 5.75 Å². The van der Waals surface area contributed by atoms with Crippen molar-refractivity contribution < 1.29 is 48.7 Å². The van der Waals surface area contributed by atoms with Crippen molar-refractivity contribution in [2.45, 2.75) is 23.4 Å². The SMILES string of the molecule is CS(=O)(=O)c1ccc(OCC(F)(F)C(F)F)c(C(=O)N2CCN(c3ccc(C(F)(F)F)cc3)CC2)c1. The van der Waals surface area contributed by atoms with Gasteiger partial charge in [0.2, 0.25) is 0 Å². The molecule has 1 heterocycles. The molecular weight excluding hydrogens is 521 g/mol. The Balaban J connectivity index is 1.78. The summed E-state index contributed by atoms with van der Waals surface area (Å²) in [5, 5.41) is 0. The van der Waals surface area contributed by atoms with E-state index in [0.717, 1.165) is 36.6 Å². The van der Waals surface area contributed by atoms with E-state index in [9.17, 15) is 43.9 Å². The molecule has 36 heavy (non-hydrogen) atoms. The highest BCUT2D eigenvalue weighted by atomic mass is 32.2. The Kier molecular flexibility index (Phi) is 7.77. The van der Waals surface area contributed by atoms with Gasteiger partial charge in [-0.3, -0.25) is 4.79 Å². The van der Waals surface area contributed by atoms with Crippen LogP contribution in [0.1, 0.15) is 15.9 Å². The van der Waals surface area contributed by atoms with Crippen LogP contribution < -0.4 is 9.64 Å². The molecule has 0 bridgehead atoms. The second-order valence-electron chi connectivity index (χ2n) is 8.10. The number of nitrogens with zero attached hydrogens (tertiary/aromatic N) is 2. The summed E-state index contributed by atoms with van der Waals surface area (Å²) in [7, 11) is -3.80. The van der Waals surface area contributed by atoms with Crippen molar-refractivity contribution in [1.82, 2.24) is 4.90 Å². The van der Waals surface area contributed by atoms with Crippen LogP contribution in [0.2, 0.25) is 0 Å². The molecule has 0 saturated carbocycles. The normalized spacial score (nSPS) is 15.4. The summed E-state index contributed by atoms with van der Waals surface area (Å²) in [5.41, 5.74) is -0.714. The molecule has 1 amide bonds. The van der Waals surface area contributed by atoms with Crippen LogP contribution in [-0.2, 0) is 16.0 Å². The van der Waals surface area contributed by atoms with E-state index < -0.39 is 57.8 Å². The number of anilines is 1. The van der Waals surface area contributed by atoms with Gasteiger partial charge in [-0.2, -0.15) is 22.0 Å². The van der Waals surface area contributed by atoms with Crippen molar-refractivity contribution in [2.24, 2.45) is 0 Å². The molecule has 198 valence electrons. The monoisotopic (exact) mass is 542 g/mol. The quantitative estimate of drug-likeness (QED) is 0.487. The van der Waals surface area contributed by atoms with Crippen molar-refractivity contribution in [2.75, 3.05) is 43.9 Å². The number of ether oxygens (including phenoxy) is 1. The number of amides is 1. The molecule has 14 heteroatoms. The standard InChI is InChI=1S/C22H21F7N2O4S/c1-36(33,34)16-6-7-18(35-13-21(25,26)20(23)24)17(12-16)19(32)31-10-8-30(9-11-31)15-4-2-14(3-5-15)22(27,28)29/h2-7,12,20H,8-11,13H2,1H3. The van der Waals surface area contributed by atoms with Crippen LogP contribution in [0.15, 0.2) is 47.4 Å². The fraction of sp³-hybridized carbons (Fsp3) is 0.409. The predicted octanol–water partition coefficient (Wildman–Crippen LogP) is 4.35. The number of piperazine rings is 1. The van der Waals surface area contributed by atoms with E-state index in [1.165, 1.54) is 17.0 Å². The van der Waals surface area contributed by atoms with Gasteiger partial charge < -0.3 is 14.5 Å². The summed E-state index contributed by atoms with van der Waals surface area (Å²) in [4.78, 5) is 15.8. The number of alkyl halides is 7. The summed E-state index contributed by atoms with van der Waals surface area (Å²) in [6.45, 7) is -1.18. The van der Waals surface area contributed by atoms with Gasteiger partial charge in [0.1, 0.15) is 5.75 Å². The van der Waals surface area contributed by atoms with Gasteiger partial charge in [-0.25, -0.2) is 17.2 Å². The average molecular weight is 542 g/mol. The number of hydrogen-bond acceptors (Lipinski definition) is 5. The summed E-state index contributed by atoms with van der Waals surface area (Å²) < 4.78 is 119. The van der Waals surface area contributed by atoms with Gasteiger partial charge >= 0.3 is 18.5 Å². The number of carbonyl (C=O) groups is 1. The predicted molar refractivity (Wildman–Crippen MR) is 116 cm³/mol. The number of sulfone groups is 1. The van der Waals surface area contributed by atoms with Gasteiger partial charge in [0.25, 0.3) is 5.91 Å². The van der Waals surface area contributed by atoms with Gasteiger partial charge in [-0.05, 0) is 42.5 Å². The molecule has 3 rings (SSSR count). The van der Waals surface area contributed by atoms with Crippen molar-refractivity contribution in [3.05, 3.63) is 53.6 Å². The van der Waals surface area contributed by atoms with Crippen LogP contribution in [0.5, 0.6) is 5.75 Å². The molecule has 6 nitrogen and oxygen atoms in total. The maximum Gasteiger partial charge on any atom is 0.416 e. The number of carbonyl (C=O) groups excluding carboxylic acids is 1. The van der Waals surface area contributed by atoms with Gasteiger partial charge in [0.15, 0.2) is 16.4 Å². The second-order valence-corrected chi connectivity index (χ2v) is 10.1. The zero-order chi connectivity index (χ0) is 26.9. The first kappa shape index (κ1) is 27.6. The molecule has 1 fully saturated rings. The summed E-state index contributed by atoms with van der Waals surface area (Å²) in [5.74, 6) is -5.76. The Morgan fingerprint density at radius 3 is 2.06 bits per heavy atom. The molecule has 0 spiro atoms. The van der Waals surface area contributed by atoms with E-state index in [4.69, 9.17) is 4.74 Å². The largest absolute Gasteiger partial charge is 0.486 e. The Hall–Kier alpha value is -3.03. The molecule has 0 atom stereocenters. The molecule has 0 radical (unpaired) electrons. The molecule has 1 aliphatic heterocycles. The topological polar surface area (TPSA) is 66.9 Å². The van der Waals surface area contributed by atoms with E-state index in [1.807, 2.05) is 0 Å². The van der Waals surface area contributed by atoms with Crippen LogP contribution in [-0.4, -0.2) is 70.6 Å². The van der Waals surface area contributed by atoms with Crippen LogP contribution >= 0.6 is 0 Å². The summed E-state index contributed by atoms with van der Waals surface area (Å²) >= 11 is 0. The highest BCUT2D eigenvalue weighted by Gasteiger charge is 2.42. The molecule has 1 aliphatic rings. The number of halogens is 7. The average Bonchev–Trinajstić information content (AvgIpc) is 2.81. The fourth-order valence-corrected chi connectivity index (χ4v) is 4.12. The minimum Gasteiger partial charge on any atom is -0.486 e. The van der Waals surface area contributed by atoms with Crippen LogP contribution in [0.4, 0.5) is 36.4 Å². The second kappa shape index (κ2) is 10.1. The summed E-state index contributed by atoms with van der Waals surface area (Å²) in [6.07, 6.45) is -7.63. The third kappa shape index (κ3) is 6.39. The molecule has 0 aromatic heterocycles. The third-order valence-electron chi connectivity index (χ3n) is 5.48. The maximum absolute atomic E-state index is 13.3. The first-order valence-corrected chi connectivity index (χ1v) is 12.3. The highest BCUT2D eigenvalue weighted by molar-refractivity contribution is 7.90. The number of rotatable bonds is 7. The van der Waals surface area contributed by atoms with E-state index >= 15 is 0 Å². The fourth-order valence-electron chi connectivity index (χ4n) is 3.47. The summed E-state index contributed by atoms with van der Waals surface area (Å²) in [6, 6.07) is 7.34. The zero-order valence-corrected chi connectivity index (χ0v) is 19.6. The molecule has 0 aliphatic carbocycles. The molecule has 0 unspecified atom stereocenters. The van der Waals surface area contributed by atoms with E-state index in [1.54, 1.807) is 4.90 Å². The van der Waals surface area contributed by atoms with E-state index in [-0.39, 0.29) is 31.1 Å². The van der Waals surface area contributed by atoms with Crippen molar-refractivity contribution in [3.63, 3.8) is 0 Å². The van der Waals surface area contributed by atoms with Crippen LogP contribution in [0.25, 0.3) is 0 Å². The zero-order valence-electron chi connectivity index (χ0n) is 18.7. The van der Waals surface area contributed by atoms with E-state index in [0.29, 0.717) is 5.69 Å². The van der Waals surface area contributed by atoms with Crippen molar-refractivity contribution in [1.29, 1.82) is 0 Å². The lowest BCUT2D eigenvalue weighted by atomic mass is 10.1.